The summed E-state index contributed by atoms with van der Waals surface area (Å²) < 4.78 is 0. The van der Waals surface area contributed by atoms with Crippen molar-refractivity contribution in [1.29, 1.82) is 0 Å². The van der Waals surface area contributed by atoms with Crippen LogP contribution in [-0.2, 0) is 18.3 Å². The van der Waals surface area contributed by atoms with Gasteiger partial charge in [0.15, 0.2) is 0 Å². The van der Waals surface area contributed by atoms with Gasteiger partial charge in [0.1, 0.15) is 0 Å². The Morgan fingerprint density at radius 2 is 1.14 bits per heavy atom. The second kappa shape index (κ2) is 15.1. The maximum Gasteiger partial charge on any atom is 0.0215 e. The Kier molecular flexibility index (Phi) is 11.0. The SMILES string of the molecule is CCCCCCC1(CCCCCC)c2cc(C)ccc2-c2ccc(CC(C)C(Cc3ccccc3)c3ccccc3)cc21. The summed E-state index contributed by atoms with van der Waals surface area (Å²) in [7, 11) is 0. The van der Waals surface area contributed by atoms with Crippen molar-refractivity contribution in [2.75, 3.05) is 0 Å². The van der Waals surface area contributed by atoms with Crippen LogP contribution in [0.1, 0.15) is 124 Å². The minimum absolute atomic E-state index is 0.153. The van der Waals surface area contributed by atoms with Crippen LogP contribution in [-0.4, -0.2) is 0 Å². The number of benzene rings is 4. The van der Waals surface area contributed by atoms with E-state index in [2.05, 4.69) is 125 Å². The molecule has 43 heavy (non-hydrogen) atoms. The highest BCUT2D eigenvalue weighted by molar-refractivity contribution is 5.81. The summed E-state index contributed by atoms with van der Waals surface area (Å²) in [5.41, 5.74) is 12.2. The zero-order chi connectivity index (χ0) is 30.1. The van der Waals surface area contributed by atoms with E-state index in [4.69, 9.17) is 0 Å². The second-order valence-electron chi connectivity index (χ2n) is 13.5. The van der Waals surface area contributed by atoms with E-state index in [9.17, 15) is 0 Å². The van der Waals surface area contributed by atoms with Crippen molar-refractivity contribution in [1.82, 2.24) is 0 Å². The lowest BCUT2D eigenvalue weighted by Gasteiger charge is -2.33. The predicted molar refractivity (Wildman–Crippen MR) is 187 cm³/mol. The molecule has 0 aromatic heterocycles. The van der Waals surface area contributed by atoms with E-state index < -0.39 is 0 Å². The first-order chi connectivity index (χ1) is 21.1. The molecule has 0 radical (unpaired) electrons. The number of aryl methyl sites for hydroxylation is 1. The van der Waals surface area contributed by atoms with Crippen molar-refractivity contribution >= 4 is 0 Å². The Balaban J connectivity index is 1.49. The highest BCUT2D eigenvalue weighted by Crippen LogP contribution is 2.55. The maximum absolute atomic E-state index is 2.66. The number of unbranched alkanes of at least 4 members (excludes halogenated alkanes) is 6. The molecule has 0 saturated heterocycles. The Morgan fingerprint density at radius 3 is 1.77 bits per heavy atom. The molecule has 5 rings (SSSR count). The summed E-state index contributed by atoms with van der Waals surface area (Å²) >= 11 is 0. The van der Waals surface area contributed by atoms with Gasteiger partial charge in [0.05, 0.1) is 0 Å². The van der Waals surface area contributed by atoms with Gasteiger partial charge in [0.2, 0.25) is 0 Å². The van der Waals surface area contributed by atoms with Gasteiger partial charge < -0.3 is 0 Å². The topological polar surface area (TPSA) is 0 Å². The van der Waals surface area contributed by atoms with E-state index in [1.54, 1.807) is 11.1 Å². The monoisotopic (exact) mass is 570 g/mol. The minimum Gasteiger partial charge on any atom is -0.0654 e. The molecular weight excluding hydrogens is 516 g/mol. The third kappa shape index (κ3) is 7.34. The van der Waals surface area contributed by atoms with E-state index in [0.717, 1.165) is 12.8 Å². The fourth-order valence-electron chi connectivity index (χ4n) is 7.88. The van der Waals surface area contributed by atoms with Crippen LogP contribution in [0.2, 0.25) is 0 Å². The molecule has 2 atom stereocenters. The van der Waals surface area contributed by atoms with Crippen molar-refractivity contribution in [2.45, 2.75) is 116 Å². The van der Waals surface area contributed by atoms with Crippen molar-refractivity contribution < 1.29 is 0 Å². The van der Waals surface area contributed by atoms with Gasteiger partial charge in [0, 0.05) is 5.41 Å². The smallest absolute Gasteiger partial charge is 0.0215 e. The van der Waals surface area contributed by atoms with Gasteiger partial charge in [-0.1, -0.05) is 175 Å². The van der Waals surface area contributed by atoms with Crippen molar-refractivity contribution in [3.63, 3.8) is 0 Å². The largest absolute Gasteiger partial charge is 0.0654 e. The molecule has 226 valence electrons. The molecule has 1 aliphatic rings. The second-order valence-corrected chi connectivity index (χ2v) is 13.5. The average molecular weight is 571 g/mol. The number of hydrogen-bond acceptors (Lipinski definition) is 0. The first kappa shape index (κ1) is 31.3. The van der Waals surface area contributed by atoms with E-state index in [1.807, 2.05) is 0 Å². The van der Waals surface area contributed by atoms with E-state index in [-0.39, 0.29) is 5.41 Å². The van der Waals surface area contributed by atoms with Crippen LogP contribution in [0.5, 0.6) is 0 Å². The summed E-state index contributed by atoms with van der Waals surface area (Å²) in [6.45, 7) is 9.43. The lowest BCUT2D eigenvalue weighted by Crippen LogP contribution is -2.26. The van der Waals surface area contributed by atoms with E-state index in [1.165, 1.54) is 97.6 Å². The summed E-state index contributed by atoms with van der Waals surface area (Å²) in [6, 6.07) is 37.2. The molecule has 0 nitrogen and oxygen atoms in total. The summed E-state index contributed by atoms with van der Waals surface area (Å²) in [5.74, 6) is 1.03. The first-order valence-electron chi connectivity index (χ1n) is 17.4. The third-order valence-electron chi connectivity index (χ3n) is 10.3. The molecule has 4 aromatic rings. The van der Waals surface area contributed by atoms with Gasteiger partial charge in [-0.3, -0.25) is 0 Å². The molecule has 0 aliphatic heterocycles. The summed E-state index contributed by atoms with van der Waals surface area (Å²) in [6.07, 6.45) is 15.4. The highest BCUT2D eigenvalue weighted by Gasteiger charge is 2.42. The molecule has 0 amide bonds. The van der Waals surface area contributed by atoms with Crippen molar-refractivity contribution in [3.8, 4) is 11.1 Å². The molecule has 4 aromatic carbocycles. The molecule has 1 aliphatic carbocycles. The van der Waals surface area contributed by atoms with Crippen LogP contribution in [0, 0.1) is 12.8 Å². The molecule has 0 heterocycles. The average Bonchev–Trinajstić information content (AvgIpc) is 3.29. The molecule has 0 heteroatoms. The molecule has 0 bridgehead atoms. The van der Waals surface area contributed by atoms with Gasteiger partial charge in [-0.05, 0) is 83.4 Å². The first-order valence-corrected chi connectivity index (χ1v) is 17.4. The summed E-state index contributed by atoms with van der Waals surface area (Å²) in [4.78, 5) is 0. The lowest BCUT2D eigenvalue weighted by atomic mass is 9.70. The molecule has 0 fully saturated rings. The van der Waals surface area contributed by atoms with Gasteiger partial charge >= 0.3 is 0 Å². The molecule has 0 saturated carbocycles. The van der Waals surface area contributed by atoms with Crippen LogP contribution in [0.4, 0.5) is 0 Å². The van der Waals surface area contributed by atoms with Gasteiger partial charge in [-0.25, -0.2) is 0 Å². The number of rotatable bonds is 16. The van der Waals surface area contributed by atoms with E-state index in [0.29, 0.717) is 11.8 Å². The number of fused-ring (bicyclic) bond motifs is 3. The van der Waals surface area contributed by atoms with E-state index >= 15 is 0 Å². The third-order valence-corrected chi connectivity index (χ3v) is 10.3. The quantitative estimate of drug-likeness (QED) is 0.118. The number of hydrogen-bond donors (Lipinski definition) is 0. The highest BCUT2D eigenvalue weighted by atomic mass is 14.5. The maximum atomic E-state index is 2.66. The zero-order valence-electron chi connectivity index (χ0n) is 27.4. The van der Waals surface area contributed by atoms with Crippen LogP contribution in [0.25, 0.3) is 11.1 Å². The Hall–Kier alpha value is -3.12. The van der Waals surface area contributed by atoms with Crippen LogP contribution in [0.15, 0.2) is 97.1 Å². The molecular formula is C43H54. The standard InChI is InChI=1S/C43H54/c1-5-7-9-17-27-43(28-18-10-8-6-2)41-29-33(3)23-25-38(41)39-26-24-36(32-42(39)43)30-34(4)40(37-21-15-12-16-22-37)31-35-19-13-11-14-20-35/h11-16,19-26,29,32,34,40H,5-10,17-18,27-28,30-31H2,1-4H3. The predicted octanol–water partition coefficient (Wildman–Crippen LogP) is 12.4. The normalized spacial score (nSPS) is 14.7. The fourth-order valence-corrected chi connectivity index (χ4v) is 7.88. The van der Waals surface area contributed by atoms with Gasteiger partial charge in [0.25, 0.3) is 0 Å². The van der Waals surface area contributed by atoms with Crippen molar-refractivity contribution in [3.05, 3.63) is 130 Å². The fraction of sp³-hybridized carbons (Fsp3) is 0.442. The van der Waals surface area contributed by atoms with Crippen LogP contribution in [0.3, 0.4) is 0 Å². The van der Waals surface area contributed by atoms with Gasteiger partial charge in [-0.15, -0.1) is 0 Å². The molecule has 0 N–H and O–H groups in total. The van der Waals surface area contributed by atoms with Crippen molar-refractivity contribution in [2.24, 2.45) is 5.92 Å². The van der Waals surface area contributed by atoms with Crippen LogP contribution < -0.4 is 0 Å². The lowest BCUT2D eigenvalue weighted by molar-refractivity contribution is 0.400. The zero-order valence-corrected chi connectivity index (χ0v) is 27.4. The Morgan fingerprint density at radius 1 is 0.558 bits per heavy atom. The van der Waals surface area contributed by atoms with Crippen LogP contribution >= 0.6 is 0 Å². The molecule has 0 spiro atoms. The Labute approximate surface area is 263 Å². The molecule has 2 unspecified atom stereocenters. The van der Waals surface area contributed by atoms with Gasteiger partial charge in [-0.2, -0.15) is 0 Å². The Bertz CT molecular complexity index is 1400. The minimum atomic E-state index is 0.153. The summed E-state index contributed by atoms with van der Waals surface area (Å²) in [5, 5.41) is 0.